The summed E-state index contributed by atoms with van der Waals surface area (Å²) in [5.41, 5.74) is -0.120. The number of hydrogen-bond acceptors (Lipinski definition) is 5. The first-order valence-corrected chi connectivity index (χ1v) is 10.5. The third kappa shape index (κ3) is 3.70. The van der Waals surface area contributed by atoms with Gasteiger partial charge in [0, 0.05) is 19.6 Å². The van der Waals surface area contributed by atoms with E-state index in [0.717, 1.165) is 11.3 Å². The lowest BCUT2D eigenvalue weighted by Gasteiger charge is -2.27. The van der Waals surface area contributed by atoms with Crippen LogP contribution in [0.15, 0.2) is 24.3 Å². The smallest absolute Gasteiger partial charge is 0.238 e. The van der Waals surface area contributed by atoms with E-state index in [9.17, 15) is 18.0 Å². The van der Waals surface area contributed by atoms with Gasteiger partial charge in [-0.1, -0.05) is 12.1 Å². The maximum absolute atomic E-state index is 12.8. The lowest BCUT2D eigenvalue weighted by Crippen LogP contribution is -2.47. The predicted octanol–water partition coefficient (Wildman–Crippen LogP) is 0.737. The van der Waals surface area contributed by atoms with Crippen molar-refractivity contribution >= 4 is 21.7 Å². The molecule has 1 saturated heterocycles. The fourth-order valence-corrected chi connectivity index (χ4v) is 5.12. The molecule has 2 fully saturated rings. The Morgan fingerprint density at radius 2 is 1.92 bits per heavy atom. The molecule has 0 aromatic heterocycles. The van der Waals surface area contributed by atoms with Gasteiger partial charge in [-0.05, 0) is 37.0 Å². The van der Waals surface area contributed by atoms with Gasteiger partial charge in [0.15, 0.2) is 9.84 Å². The van der Waals surface area contributed by atoms with E-state index in [2.05, 4.69) is 5.32 Å². The minimum absolute atomic E-state index is 0.0151. The minimum Gasteiger partial charge on any atom is -0.497 e. The molecule has 1 heterocycles. The van der Waals surface area contributed by atoms with Crippen LogP contribution in [-0.4, -0.2) is 56.8 Å². The maximum atomic E-state index is 12.8. The van der Waals surface area contributed by atoms with Crippen molar-refractivity contribution in [2.24, 2.45) is 5.41 Å². The first-order valence-electron chi connectivity index (χ1n) is 8.66. The number of amides is 2. The average Bonchev–Trinajstić information content (AvgIpc) is 3.37. The van der Waals surface area contributed by atoms with Crippen molar-refractivity contribution in [2.45, 2.75) is 31.8 Å². The summed E-state index contributed by atoms with van der Waals surface area (Å²) in [6.45, 7) is 0.333. The Morgan fingerprint density at radius 3 is 2.42 bits per heavy atom. The molecule has 0 bridgehead atoms. The summed E-state index contributed by atoms with van der Waals surface area (Å²) in [5, 5.41) is 2.84. The topological polar surface area (TPSA) is 92.8 Å². The zero-order valence-corrected chi connectivity index (χ0v) is 15.8. The van der Waals surface area contributed by atoms with E-state index in [1.165, 1.54) is 4.90 Å². The van der Waals surface area contributed by atoms with E-state index in [-0.39, 0.29) is 29.4 Å². The number of nitrogens with one attached hydrogen (secondary N) is 1. The lowest BCUT2D eigenvalue weighted by molar-refractivity contribution is -0.144. The second kappa shape index (κ2) is 6.90. The van der Waals surface area contributed by atoms with Gasteiger partial charge in [0.05, 0.1) is 18.6 Å². The first kappa shape index (κ1) is 18.7. The van der Waals surface area contributed by atoms with E-state index in [0.29, 0.717) is 25.8 Å². The highest BCUT2D eigenvalue weighted by atomic mass is 32.2. The number of rotatable bonds is 6. The molecule has 142 valence electrons. The van der Waals surface area contributed by atoms with Crippen molar-refractivity contribution in [3.05, 3.63) is 29.8 Å². The van der Waals surface area contributed by atoms with Gasteiger partial charge < -0.3 is 15.0 Å². The molecule has 8 heteroatoms. The van der Waals surface area contributed by atoms with E-state index < -0.39 is 15.3 Å². The Kier molecular flexibility index (Phi) is 4.96. The Morgan fingerprint density at radius 1 is 1.27 bits per heavy atom. The lowest BCUT2D eigenvalue weighted by atomic mass is 10.0. The van der Waals surface area contributed by atoms with Gasteiger partial charge in [-0.3, -0.25) is 9.59 Å². The third-order valence-electron chi connectivity index (χ3n) is 5.28. The molecule has 1 unspecified atom stereocenters. The number of nitrogens with zero attached hydrogens (tertiary/aromatic N) is 1. The molecule has 0 spiro atoms. The Labute approximate surface area is 153 Å². The zero-order valence-electron chi connectivity index (χ0n) is 15.0. The summed E-state index contributed by atoms with van der Waals surface area (Å²) >= 11 is 0. The van der Waals surface area contributed by atoms with Gasteiger partial charge in [-0.15, -0.1) is 0 Å². The Bertz CT molecular complexity index is 799. The SMILES string of the molecule is COc1ccc(CNC(=O)C2(C(=O)N(C)C3CCS(=O)(=O)C3)CC2)cc1. The predicted molar refractivity (Wildman–Crippen MR) is 96.3 cm³/mol. The second-order valence-electron chi connectivity index (χ2n) is 7.09. The van der Waals surface area contributed by atoms with Gasteiger partial charge in [-0.25, -0.2) is 8.42 Å². The summed E-state index contributed by atoms with van der Waals surface area (Å²) in [6, 6.07) is 7.01. The summed E-state index contributed by atoms with van der Waals surface area (Å²) < 4.78 is 28.4. The fraction of sp³-hybridized carbons (Fsp3) is 0.556. The molecular weight excluding hydrogens is 356 g/mol. The Hall–Kier alpha value is -2.09. The van der Waals surface area contributed by atoms with Crippen LogP contribution in [0.5, 0.6) is 5.75 Å². The summed E-state index contributed by atoms with van der Waals surface area (Å²) in [7, 11) is 0.114. The normalized spacial score (nSPS) is 22.5. The standard InChI is InChI=1S/C18H24N2O5S/c1-20(14-7-10-26(23,24)12-14)17(22)18(8-9-18)16(21)19-11-13-3-5-15(25-2)6-4-13/h3-6,14H,7-12H2,1-2H3,(H,19,21). The summed E-state index contributed by atoms with van der Waals surface area (Å²) in [6.07, 6.45) is 1.45. The van der Waals surface area contributed by atoms with Gasteiger partial charge in [0.25, 0.3) is 0 Å². The number of carbonyl (C=O) groups excluding carboxylic acids is 2. The molecule has 7 nitrogen and oxygen atoms in total. The molecule has 1 aliphatic heterocycles. The van der Waals surface area contributed by atoms with Gasteiger partial charge >= 0.3 is 0 Å². The molecule has 26 heavy (non-hydrogen) atoms. The van der Waals surface area contributed by atoms with Crippen LogP contribution < -0.4 is 10.1 Å². The van der Waals surface area contributed by atoms with Crippen LogP contribution in [0.25, 0.3) is 0 Å². The van der Waals surface area contributed by atoms with E-state index >= 15 is 0 Å². The molecule has 1 N–H and O–H groups in total. The molecule has 3 rings (SSSR count). The number of hydrogen-bond donors (Lipinski definition) is 1. The molecule has 1 aromatic rings. The quantitative estimate of drug-likeness (QED) is 0.735. The van der Waals surface area contributed by atoms with E-state index in [4.69, 9.17) is 4.74 Å². The van der Waals surface area contributed by atoms with Crippen LogP contribution in [-0.2, 0) is 26.0 Å². The number of sulfone groups is 1. The van der Waals surface area contributed by atoms with Crippen molar-refractivity contribution in [2.75, 3.05) is 25.7 Å². The van der Waals surface area contributed by atoms with Crippen molar-refractivity contribution in [3.63, 3.8) is 0 Å². The van der Waals surface area contributed by atoms with Gasteiger partial charge in [0.2, 0.25) is 11.8 Å². The molecule has 1 aliphatic carbocycles. The third-order valence-corrected chi connectivity index (χ3v) is 7.03. The zero-order chi connectivity index (χ0) is 18.9. The average molecular weight is 380 g/mol. The number of ether oxygens (including phenoxy) is 1. The molecule has 1 saturated carbocycles. The highest BCUT2D eigenvalue weighted by Crippen LogP contribution is 2.48. The van der Waals surface area contributed by atoms with Crippen LogP contribution >= 0.6 is 0 Å². The van der Waals surface area contributed by atoms with Crippen LogP contribution in [0.2, 0.25) is 0 Å². The molecule has 2 amide bonds. The van der Waals surface area contributed by atoms with Crippen LogP contribution in [0.1, 0.15) is 24.8 Å². The van der Waals surface area contributed by atoms with Crippen molar-refractivity contribution in [3.8, 4) is 5.75 Å². The van der Waals surface area contributed by atoms with Gasteiger partial charge in [0.1, 0.15) is 11.2 Å². The monoisotopic (exact) mass is 380 g/mol. The highest BCUT2D eigenvalue weighted by Gasteiger charge is 2.58. The first-order chi connectivity index (χ1) is 12.3. The summed E-state index contributed by atoms with van der Waals surface area (Å²) in [4.78, 5) is 26.9. The number of carbonyl (C=O) groups is 2. The van der Waals surface area contributed by atoms with Crippen molar-refractivity contribution < 1.29 is 22.7 Å². The highest BCUT2D eigenvalue weighted by molar-refractivity contribution is 7.91. The fourth-order valence-electron chi connectivity index (χ4n) is 3.34. The van der Waals surface area contributed by atoms with Crippen LogP contribution in [0.4, 0.5) is 0 Å². The van der Waals surface area contributed by atoms with Crippen LogP contribution in [0.3, 0.4) is 0 Å². The van der Waals surface area contributed by atoms with E-state index in [1.54, 1.807) is 14.2 Å². The molecule has 2 aliphatic rings. The molecule has 0 radical (unpaired) electrons. The number of benzene rings is 1. The second-order valence-corrected chi connectivity index (χ2v) is 9.31. The largest absolute Gasteiger partial charge is 0.497 e. The minimum atomic E-state index is -3.08. The van der Waals surface area contributed by atoms with Crippen molar-refractivity contribution in [1.82, 2.24) is 10.2 Å². The molecule has 1 atom stereocenters. The van der Waals surface area contributed by atoms with Gasteiger partial charge in [-0.2, -0.15) is 0 Å². The van der Waals surface area contributed by atoms with Crippen molar-refractivity contribution in [1.29, 1.82) is 0 Å². The van der Waals surface area contributed by atoms with E-state index in [1.807, 2.05) is 24.3 Å². The molecule has 1 aromatic carbocycles. The Balaban J connectivity index is 1.60. The number of methoxy groups -OCH3 is 1. The van der Waals surface area contributed by atoms with Crippen LogP contribution in [0, 0.1) is 5.41 Å². The maximum Gasteiger partial charge on any atom is 0.238 e. The summed E-state index contributed by atoms with van der Waals surface area (Å²) in [5.74, 6) is 0.269. The molecular formula is C18H24N2O5S.